The van der Waals surface area contributed by atoms with Crippen molar-refractivity contribution in [1.29, 1.82) is 0 Å². The highest BCUT2D eigenvalue weighted by Gasteiger charge is 2.32. The van der Waals surface area contributed by atoms with Crippen LogP contribution in [0.15, 0.2) is 18.2 Å². The fraction of sp³-hybridized carbons (Fsp3) is 0.579. The van der Waals surface area contributed by atoms with E-state index in [1.54, 1.807) is 6.07 Å². The summed E-state index contributed by atoms with van der Waals surface area (Å²) >= 11 is 0. The Morgan fingerprint density at radius 1 is 1.17 bits per heavy atom. The van der Waals surface area contributed by atoms with Crippen LogP contribution < -0.4 is 5.32 Å². The highest BCUT2D eigenvalue weighted by molar-refractivity contribution is 5.98. The van der Waals surface area contributed by atoms with Gasteiger partial charge in [0, 0.05) is 5.92 Å². The van der Waals surface area contributed by atoms with Crippen LogP contribution in [0.1, 0.15) is 61.9 Å². The van der Waals surface area contributed by atoms with E-state index in [1.807, 2.05) is 20.8 Å². The molecule has 0 saturated heterocycles. The lowest BCUT2D eigenvalue weighted by Gasteiger charge is -2.31. The Kier molecular flexibility index (Phi) is 5.91. The zero-order valence-corrected chi connectivity index (χ0v) is 14.2. The van der Waals surface area contributed by atoms with Gasteiger partial charge in [-0.2, -0.15) is 0 Å². The van der Waals surface area contributed by atoms with Gasteiger partial charge in [-0.1, -0.05) is 44.7 Å². The summed E-state index contributed by atoms with van der Waals surface area (Å²) in [5.74, 6) is -0.985. The van der Waals surface area contributed by atoms with E-state index in [0.29, 0.717) is 0 Å². The molecule has 0 spiro atoms. The minimum Gasteiger partial charge on any atom is -0.342 e. The Hall–Kier alpha value is -1.71. The van der Waals surface area contributed by atoms with Crippen LogP contribution in [0.25, 0.3) is 0 Å². The number of aryl methyl sites for hydroxylation is 1. The number of hydrogen-bond donors (Lipinski definition) is 1. The fourth-order valence-electron chi connectivity index (χ4n) is 3.28. The Morgan fingerprint density at radius 3 is 2.43 bits per heavy atom. The van der Waals surface area contributed by atoms with Crippen molar-refractivity contribution in [2.75, 3.05) is 0 Å². The van der Waals surface area contributed by atoms with Crippen LogP contribution >= 0.6 is 0 Å². The fourth-order valence-corrected chi connectivity index (χ4v) is 3.28. The predicted octanol–water partition coefficient (Wildman–Crippen LogP) is 4.04. The van der Waals surface area contributed by atoms with Crippen molar-refractivity contribution < 1.29 is 14.0 Å². The third-order valence-corrected chi connectivity index (χ3v) is 4.65. The normalized spacial score (nSPS) is 17.1. The number of amides is 1. The van der Waals surface area contributed by atoms with Crippen molar-refractivity contribution in [2.45, 2.75) is 58.9 Å². The summed E-state index contributed by atoms with van der Waals surface area (Å²) in [6, 6.07) is 3.94. The molecule has 0 bridgehead atoms. The molecule has 0 unspecified atom stereocenters. The van der Waals surface area contributed by atoms with E-state index >= 15 is 0 Å². The van der Waals surface area contributed by atoms with Crippen LogP contribution in [0.3, 0.4) is 0 Å². The molecule has 1 aromatic rings. The van der Waals surface area contributed by atoms with Crippen molar-refractivity contribution in [3.05, 3.63) is 35.1 Å². The van der Waals surface area contributed by atoms with Crippen LogP contribution in [0, 0.1) is 24.6 Å². The van der Waals surface area contributed by atoms with Crippen molar-refractivity contribution in [2.24, 2.45) is 11.8 Å². The van der Waals surface area contributed by atoms with Crippen LogP contribution in [0.2, 0.25) is 0 Å². The molecule has 1 fully saturated rings. The largest absolute Gasteiger partial charge is 0.342 e. The smallest absolute Gasteiger partial charge is 0.254 e. The second-order valence-corrected chi connectivity index (χ2v) is 6.89. The van der Waals surface area contributed by atoms with Gasteiger partial charge in [0.25, 0.3) is 5.91 Å². The van der Waals surface area contributed by atoms with Gasteiger partial charge in [-0.15, -0.1) is 0 Å². The number of nitrogens with one attached hydrogen (secondary N) is 1. The first-order valence-electron chi connectivity index (χ1n) is 8.51. The molecule has 3 nitrogen and oxygen atoms in total. The third kappa shape index (κ3) is 4.40. The molecule has 2 rings (SSSR count). The second kappa shape index (κ2) is 7.71. The highest BCUT2D eigenvalue weighted by Crippen LogP contribution is 2.28. The zero-order valence-electron chi connectivity index (χ0n) is 14.2. The highest BCUT2D eigenvalue weighted by atomic mass is 19.1. The van der Waals surface area contributed by atoms with Gasteiger partial charge in [-0.3, -0.25) is 9.59 Å². The molecule has 1 aromatic carbocycles. The molecule has 0 radical (unpaired) electrons. The molecule has 0 heterocycles. The molecule has 1 saturated carbocycles. The zero-order chi connectivity index (χ0) is 17.0. The third-order valence-electron chi connectivity index (χ3n) is 4.65. The number of carbonyl (C=O) groups excluding carboxylic acids is 2. The molecular formula is C19H26FNO2. The molecule has 23 heavy (non-hydrogen) atoms. The first-order valence-corrected chi connectivity index (χ1v) is 8.51. The Balaban J connectivity index is 2.20. The van der Waals surface area contributed by atoms with Crippen molar-refractivity contribution >= 4 is 11.7 Å². The maximum absolute atomic E-state index is 13.9. The predicted molar refractivity (Wildman–Crippen MR) is 88.8 cm³/mol. The van der Waals surface area contributed by atoms with Gasteiger partial charge in [-0.25, -0.2) is 4.39 Å². The molecule has 1 N–H and O–H groups in total. The maximum Gasteiger partial charge on any atom is 0.254 e. The SMILES string of the molecule is Cc1ccc(F)c(C(=O)N[C@@H](C(=O)C(C)C)C2CCCCC2)c1. The summed E-state index contributed by atoms with van der Waals surface area (Å²) in [6.07, 6.45) is 5.24. The van der Waals surface area contributed by atoms with E-state index in [-0.39, 0.29) is 23.2 Å². The van der Waals surface area contributed by atoms with Crippen LogP contribution in [-0.4, -0.2) is 17.7 Å². The van der Waals surface area contributed by atoms with Gasteiger partial charge in [-0.05, 0) is 37.8 Å². The topological polar surface area (TPSA) is 46.2 Å². The summed E-state index contributed by atoms with van der Waals surface area (Å²) in [4.78, 5) is 25.0. The monoisotopic (exact) mass is 319 g/mol. The molecule has 4 heteroatoms. The number of carbonyl (C=O) groups is 2. The number of ketones is 1. The molecule has 1 aliphatic rings. The maximum atomic E-state index is 13.9. The van der Waals surface area contributed by atoms with Gasteiger partial charge in [0.1, 0.15) is 5.82 Å². The minimum absolute atomic E-state index is 0.0161. The number of hydrogen-bond acceptors (Lipinski definition) is 2. The lowest BCUT2D eigenvalue weighted by Crippen LogP contribution is -2.48. The van der Waals surface area contributed by atoms with Crippen molar-refractivity contribution in [1.82, 2.24) is 5.32 Å². The van der Waals surface area contributed by atoms with E-state index in [4.69, 9.17) is 0 Å². The van der Waals surface area contributed by atoms with Crippen molar-refractivity contribution in [3.8, 4) is 0 Å². The van der Waals surface area contributed by atoms with Gasteiger partial charge >= 0.3 is 0 Å². The summed E-state index contributed by atoms with van der Waals surface area (Å²) in [6.45, 7) is 5.50. The van der Waals surface area contributed by atoms with Crippen LogP contribution in [0.5, 0.6) is 0 Å². The van der Waals surface area contributed by atoms with E-state index < -0.39 is 17.8 Å². The lowest BCUT2D eigenvalue weighted by atomic mass is 9.80. The number of halogens is 1. The number of Topliss-reactive ketones (excluding diaryl/α,β-unsaturated/α-hetero) is 1. The lowest BCUT2D eigenvalue weighted by molar-refractivity contribution is -0.125. The van der Waals surface area contributed by atoms with Crippen molar-refractivity contribution in [3.63, 3.8) is 0 Å². The number of benzene rings is 1. The first kappa shape index (κ1) is 17.6. The van der Waals surface area contributed by atoms with Crippen LogP contribution in [-0.2, 0) is 4.79 Å². The quantitative estimate of drug-likeness (QED) is 0.890. The Bertz CT molecular complexity index is 577. The van der Waals surface area contributed by atoms with Gasteiger partial charge in [0.2, 0.25) is 0 Å². The average molecular weight is 319 g/mol. The average Bonchev–Trinajstić information content (AvgIpc) is 2.54. The molecule has 0 aliphatic heterocycles. The van der Waals surface area contributed by atoms with Gasteiger partial charge < -0.3 is 5.32 Å². The Labute approximate surface area is 137 Å². The van der Waals surface area contributed by atoms with Crippen LogP contribution in [0.4, 0.5) is 4.39 Å². The van der Waals surface area contributed by atoms with E-state index in [2.05, 4.69) is 5.32 Å². The van der Waals surface area contributed by atoms with E-state index in [9.17, 15) is 14.0 Å². The first-order chi connectivity index (χ1) is 10.9. The summed E-state index contributed by atoms with van der Waals surface area (Å²) in [7, 11) is 0. The van der Waals surface area contributed by atoms with E-state index in [0.717, 1.165) is 31.2 Å². The molecule has 1 amide bonds. The standard InChI is InChI=1S/C19H26FNO2/c1-12(2)18(22)17(14-7-5-4-6-8-14)21-19(23)15-11-13(3)9-10-16(15)20/h9-12,14,17H,4-8H2,1-3H3,(H,21,23)/t17-/m1/s1. The summed E-state index contributed by atoms with van der Waals surface area (Å²) < 4.78 is 13.9. The Morgan fingerprint density at radius 2 is 1.83 bits per heavy atom. The molecular weight excluding hydrogens is 293 g/mol. The van der Waals surface area contributed by atoms with E-state index in [1.165, 1.54) is 18.6 Å². The number of rotatable bonds is 5. The molecule has 0 aromatic heterocycles. The molecule has 126 valence electrons. The summed E-state index contributed by atoms with van der Waals surface area (Å²) in [5, 5.41) is 2.82. The van der Waals surface area contributed by atoms with Gasteiger partial charge in [0.05, 0.1) is 11.6 Å². The molecule has 1 aliphatic carbocycles. The molecule has 1 atom stereocenters. The minimum atomic E-state index is -0.549. The second-order valence-electron chi connectivity index (χ2n) is 6.89. The van der Waals surface area contributed by atoms with Gasteiger partial charge in [0.15, 0.2) is 5.78 Å². The summed E-state index contributed by atoms with van der Waals surface area (Å²) in [5.41, 5.74) is 0.836.